The summed E-state index contributed by atoms with van der Waals surface area (Å²) in [4.78, 5) is 13.4. The normalized spacial score (nSPS) is 18.1. The zero-order valence-corrected chi connectivity index (χ0v) is 12.7. The lowest BCUT2D eigenvalue weighted by atomic mass is 10.1. The third-order valence-electron chi connectivity index (χ3n) is 3.85. The lowest BCUT2D eigenvalue weighted by Crippen LogP contribution is -2.31. The molecule has 1 aromatic rings. The number of rotatable bonds is 7. The molecule has 0 saturated carbocycles. The van der Waals surface area contributed by atoms with Crippen LogP contribution < -0.4 is 4.74 Å². The molecule has 1 heterocycles. The molecule has 0 aromatic heterocycles. The van der Waals surface area contributed by atoms with Gasteiger partial charge < -0.3 is 14.6 Å². The summed E-state index contributed by atoms with van der Waals surface area (Å²) in [6.45, 7) is 5.38. The molecule has 1 N–H and O–H groups in total. The summed E-state index contributed by atoms with van der Waals surface area (Å²) < 4.78 is 11.0. The van der Waals surface area contributed by atoms with Gasteiger partial charge in [-0.15, -0.1) is 0 Å². The van der Waals surface area contributed by atoms with Crippen LogP contribution in [0.1, 0.15) is 35.7 Å². The first-order valence-corrected chi connectivity index (χ1v) is 7.38. The fraction of sp³-hybridized carbons (Fsp3) is 0.562. The van der Waals surface area contributed by atoms with E-state index in [1.807, 2.05) is 0 Å². The Bertz CT molecular complexity index is 483. The highest BCUT2D eigenvalue weighted by atomic mass is 16.5. The molecule has 1 unspecified atom stereocenters. The molecule has 1 aromatic carbocycles. The number of aromatic carboxylic acids is 1. The van der Waals surface area contributed by atoms with Crippen LogP contribution in [0.3, 0.4) is 0 Å². The number of hydrogen-bond donors (Lipinski definition) is 1. The highest BCUT2D eigenvalue weighted by molar-refractivity contribution is 5.88. The Morgan fingerprint density at radius 2 is 2.33 bits per heavy atom. The Morgan fingerprint density at radius 3 is 2.90 bits per heavy atom. The Kier molecular flexibility index (Phi) is 5.59. The molecule has 1 atom stereocenters. The van der Waals surface area contributed by atoms with Crippen LogP contribution in [-0.4, -0.2) is 48.9 Å². The monoisotopic (exact) mass is 293 g/mol. The first-order chi connectivity index (χ1) is 10.1. The molecule has 0 amide bonds. The molecule has 1 aliphatic heterocycles. The molecule has 0 radical (unpaired) electrons. The molecule has 1 fully saturated rings. The molecule has 0 bridgehead atoms. The third kappa shape index (κ3) is 4.19. The summed E-state index contributed by atoms with van der Waals surface area (Å²) in [7, 11) is 1.61. The van der Waals surface area contributed by atoms with Crippen LogP contribution in [0.15, 0.2) is 18.2 Å². The van der Waals surface area contributed by atoms with Crippen LogP contribution >= 0.6 is 0 Å². The Balaban J connectivity index is 2.10. The minimum atomic E-state index is -0.916. The van der Waals surface area contributed by atoms with E-state index in [2.05, 4.69) is 11.8 Å². The molecule has 21 heavy (non-hydrogen) atoms. The topological polar surface area (TPSA) is 59.0 Å². The quantitative estimate of drug-likeness (QED) is 0.836. The van der Waals surface area contributed by atoms with Gasteiger partial charge in [0.2, 0.25) is 0 Å². The van der Waals surface area contributed by atoms with Gasteiger partial charge in [0, 0.05) is 25.3 Å². The molecule has 1 saturated heterocycles. The van der Waals surface area contributed by atoms with Gasteiger partial charge in [0.15, 0.2) is 0 Å². The van der Waals surface area contributed by atoms with E-state index in [4.69, 9.17) is 14.6 Å². The first-order valence-electron chi connectivity index (χ1n) is 7.38. The van der Waals surface area contributed by atoms with Gasteiger partial charge in [0.25, 0.3) is 0 Å². The van der Waals surface area contributed by atoms with Crippen molar-refractivity contribution < 1.29 is 19.4 Å². The molecule has 0 spiro atoms. The smallest absolute Gasteiger partial charge is 0.335 e. The van der Waals surface area contributed by atoms with Gasteiger partial charge in [-0.25, -0.2) is 4.79 Å². The van der Waals surface area contributed by atoms with Crippen LogP contribution in [0.2, 0.25) is 0 Å². The summed E-state index contributed by atoms with van der Waals surface area (Å²) in [6.07, 6.45) is 2.52. The van der Waals surface area contributed by atoms with Crippen molar-refractivity contribution in [2.75, 3.05) is 26.8 Å². The summed E-state index contributed by atoms with van der Waals surface area (Å²) in [6, 6.07) is 4.99. The number of carboxylic acids is 1. The maximum Gasteiger partial charge on any atom is 0.335 e. The van der Waals surface area contributed by atoms with Crippen molar-refractivity contribution in [3.05, 3.63) is 29.3 Å². The van der Waals surface area contributed by atoms with Gasteiger partial charge in [-0.2, -0.15) is 0 Å². The zero-order valence-electron chi connectivity index (χ0n) is 12.7. The SMILES string of the molecule is CCN(Cc1cc(C(=O)O)ccc1OC)CC1CCCO1. The van der Waals surface area contributed by atoms with Gasteiger partial charge in [-0.05, 0) is 37.6 Å². The number of methoxy groups -OCH3 is 1. The van der Waals surface area contributed by atoms with E-state index in [0.717, 1.165) is 43.9 Å². The highest BCUT2D eigenvalue weighted by Gasteiger charge is 2.19. The second kappa shape index (κ2) is 7.43. The average Bonchev–Trinajstić information content (AvgIpc) is 2.99. The van der Waals surface area contributed by atoms with E-state index >= 15 is 0 Å². The Labute approximate surface area is 125 Å². The van der Waals surface area contributed by atoms with Crippen LogP contribution in [0.25, 0.3) is 0 Å². The van der Waals surface area contributed by atoms with Gasteiger partial charge >= 0.3 is 5.97 Å². The lowest BCUT2D eigenvalue weighted by Gasteiger charge is -2.24. The molecule has 2 rings (SSSR count). The molecule has 0 aliphatic carbocycles. The second-order valence-electron chi connectivity index (χ2n) is 5.29. The fourth-order valence-electron chi connectivity index (χ4n) is 2.66. The number of carbonyl (C=O) groups is 1. The van der Waals surface area contributed by atoms with Gasteiger partial charge in [-0.1, -0.05) is 6.92 Å². The molecule has 116 valence electrons. The highest BCUT2D eigenvalue weighted by Crippen LogP contribution is 2.23. The largest absolute Gasteiger partial charge is 0.496 e. The maximum atomic E-state index is 11.1. The number of nitrogens with zero attached hydrogens (tertiary/aromatic N) is 1. The maximum absolute atomic E-state index is 11.1. The Morgan fingerprint density at radius 1 is 1.52 bits per heavy atom. The van der Waals surface area contributed by atoms with Crippen molar-refractivity contribution in [1.82, 2.24) is 4.90 Å². The molecule has 1 aliphatic rings. The number of benzene rings is 1. The third-order valence-corrected chi connectivity index (χ3v) is 3.85. The van der Waals surface area contributed by atoms with Crippen molar-refractivity contribution in [1.29, 1.82) is 0 Å². The van der Waals surface area contributed by atoms with Gasteiger partial charge in [0.1, 0.15) is 5.75 Å². The predicted octanol–water partition coefficient (Wildman–Crippen LogP) is 2.39. The summed E-state index contributed by atoms with van der Waals surface area (Å²) in [5.74, 6) is -0.188. The molecular weight excluding hydrogens is 270 g/mol. The minimum absolute atomic E-state index is 0.290. The van der Waals surface area contributed by atoms with Crippen molar-refractivity contribution >= 4 is 5.97 Å². The number of carboxylic acid groups (broad SMARTS) is 1. The van der Waals surface area contributed by atoms with Crippen molar-refractivity contribution in [3.8, 4) is 5.75 Å². The van der Waals surface area contributed by atoms with Crippen LogP contribution in [0, 0.1) is 0 Å². The lowest BCUT2D eigenvalue weighted by molar-refractivity contribution is 0.0692. The van der Waals surface area contributed by atoms with Crippen LogP contribution in [0.4, 0.5) is 0 Å². The predicted molar refractivity (Wildman–Crippen MR) is 79.9 cm³/mol. The Hall–Kier alpha value is -1.59. The van der Waals surface area contributed by atoms with Gasteiger partial charge in [0.05, 0.1) is 18.8 Å². The van der Waals surface area contributed by atoms with E-state index in [1.165, 1.54) is 0 Å². The fourth-order valence-corrected chi connectivity index (χ4v) is 2.66. The van der Waals surface area contributed by atoms with E-state index in [-0.39, 0.29) is 0 Å². The standard InChI is InChI=1S/C16H23NO4/c1-3-17(11-14-5-4-8-21-14)10-13-9-12(16(18)19)6-7-15(13)20-2/h6-7,9,14H,3-5,8,10-11H2,1-2H3,(H,18,19). The second-order valence-corrected chi connectivity index (χ2v) is 5.29. The van der Waals surface area contributed by atoms with Crippen LogP contribution in [-0.2, 0) is 11.3 Å². The number of likely N-dealkylation sites (N-methyl/N-ethyl adjacent to an activating group) is 1. The number of ether oxygens (including phenoxy) is 2. The summed E-state index contributed by atoms with van der Waals surface area (Å²) in [5.41, 5.74) is 1.19. The number of hydrogen-bond acceptors (Lipinski definition) is 4. The van der Waals surface area contributed by atoms with Gasteiger partial charge in [-0.3, -0.25) is 4.90 Å². The van der Waals surface area contributed by atoms with E-state index in [9.17, 15) is 4.79 Å². The molecular formula is C16H23NO4. The average molecular weight is 293 g/mol. The van der Waals surface area contributed by atoms with E-state index < -0.39 is 5.97 Å². The molecule has 5 nitrogen and oxygen atoms in total. The minimum Gasteiger partial charge on any atom is -0.496 e. The summed E-state index contributed by atoms with van der Waals surface area (Å²) in [5, 5.41) is 9.12. The summed E-state index contributed by atoms with van der Waals surface area (Å²) >= 11 is 0. The van der Waals surface area contributed by atoms with Crippen molar-refractivity contribution in [2.45, 2.75) is 32.4 Å². The van der Waals surface area contributed by atoms with E-state index in [1.54, 1.807) is 25.3 Å². The zero-order chi connectivity index (χ0) is 15.2. The first kappa shape index (κ1) is 15.8. The van der Waals surface area contributed by atoms with Crippen LogP contribution in [0.5, 0.6) is 5.75 Å². The van der Waals surface area contributed by atoms with Crippen molar-refractivity contribution in [2.24, 2.45) is 0 Å². The van der Waals surface area contributed by atoms with E-state index in [0.29, 0.717) is 18.2 Å². The van der Waals surface area contributed by atoms with Crippen molar-refractivity contribution in [3.63, 3.8) is 0 Å². The molecule has 5 heteroatoms.